The fourth-order valence-electron chi connectivity index (χ4n) is 3.62. The molecular formula is C20H29N5O. The Balaban J connectivity index is 1.65. The number of amides is 2. The minimum atomic E-state index is -0.183. The summed E-state index contributed by atoms with van der Waals surface area (Å²) in [7, 11) is 1.85. The van der Waals surface area contributed by atoms with Gasteiger partial charge in [-0.2, -0.15) is 5.10 Å². The van der Waals surface area contributed by atoms with Crippen LogP contribution in [0.2, 0.25) is 0 Å². The molecular weight excluding hydrogens is 326 g/mol. The molecule has 1 aliphatic rings. The molecule has 26 heavy (non-hydrogen) atoms. The van der Waals surface area contributed by atoms with E-state index in [2.05, 4.69) is 44.9 Å². The Morgan fingerprint density at radius 2 is 1.85 bits per heavy atom. The third kappa shape index (κ3) is 4.85. The van der Waals surface area contributed by atoms with Crippen molar-refractivity contribution in [3.8, 4) is 0 Å². The molecule has 0 saturated carbocycles. The lowest BCUT2D eigenvalue weighted by atomic mass is 10.0. The molecule has 0 aliphatic carbocycles. The molecule has 140 valence electrons. The van der Waals surface area contributed by atoms with Crippen molar-refractivity contribution in [3.63, 3.8) is 0 Å². The number of likely N-dealkylation sites (tertiary alicyclic amines) is 1. The third-order valence-corrected chi connectivity index (χ3v) is 4.98. The quantitative estimate of drug-likeness (QED) is 0.863. The van der Waals surface area contributed by atoms with E-state index in [0.717, 1.165) is 24.5 Å². The summed E-state index contributed by atoms with van der Waals surface area (Å²) in [6, 6.07) is 10.5. The lowest BCUT2D eigenvalue weighted by Crippen LogP contribution is -2.40. The number of nitrogens with one attached hydrogen (secondary N) is 2. The Labute approximate surface area is 155 Å². The smallest absolute Gasteiger partial charge is 0.319 e. The van der Waals surface area contributed by atoms with Crippen molar-refractivity contribution < 1.29 is 4.79 Å². The van der Waals surface area contributed by atoms with E-state index in [4.69, 9.17) is 0 Å². The number of nitrogens with zero attached hydrogens (tertiary/aromatic N) is 3. The number of urea groups is 1. The van der Waals surface area contributed by atoms with Crippen LogP contribution >= 0.6 is 0 Å². The van der Waals surface area contributed by atoms with Crippen LogP contribution < -0.4 is 10.6 Å². The highest BCUT2D eigenvalue weighted by atomic mass is 16.2. The first-order chi connectivity index (χ1) is 12.6. The normalized spacial score (nSPS) is 16.7. The summed E-state index contributed by atoms with van der Waals surface area (Å²) < 4.78 is 1.70. The first-order valence-electron chi connectivity index (χ1n) is 9.47. The van der Waals surface area contributed by atoms with Crippen molar-refractivity contribution in [1.29, 1.82) is 0 Å². The van der Waals surface area contributed by atoms with E-state index in [1.54, 1.807) is 4.68 Å². The van der Waals surface area contributed by atoms with Crippen LogP contribution in [0, 0.1) is 6.92 Å². The van der Waals surface area contributed by atoms with Gasteiger partial charge in [0, 0.05) is 19.8 Å². The average molecular weight is 355 g/mol. The molecule has 2 amide bonds. The summed E-state index contributed by atoms with van der Waals surface area (Å²) in [5.74, 6) is 0. The molecule has 1 fully saturated rings. The lowest BCUT2D eigenvalue weighted by molar-refractivity contribution is 0.198. The molecule has 2 heterocycles. The summed E-state index contributed by atoms with van der Waals surface area (Å²) in [6.45, 7) is 4.66. The topological polar surface area (TPSA) is 62.2 Å². The Morgan fingerprint density at radius 3 is 2.46 bits per heavy atom. The molecule has 6 heteroatoms. The molecule has 3 rings (SSSR count). The second-order valence-corrected chi connectivity index (χ2v) is 7.01. The number of benzene rings is 1. The number of hydrogen-bond acceptors (Lipinski definition) is 3. The second-order valence-electron chi connectivity index (χ2n) is 7.01. The van der Waals surface area contributed by atoms with Crippen LogP contribution in [0.3, 0.4) is 0 Å². The van der Waals surface area contributed by atoms with Crippen molar-refractivity contribution in [2.75, 3.05) is 25.0 Å². The Morgan fingerprint density at radius 1 is 1.15 bits per heavy atom. The van der Waals surface area contributed by atoms with E-state index in [1.807, 2.05) is 26.2 Å². The summed E-state index contributed by atoms with van der Waals surface area (Å²) in [6.07, 6.45) is 6.87. The van der Waals surface area contributed by atoms with E-state index in [1.165, 1.54) is 31.2 Å². The largest absolute Gasteiger partial charge is 0.336 e. The summed E-state index contributed by atoms with van der Waals surface area (Å²) in [4.78, 5) is 14.9. The van der Waals surface area contributed by atoms with Crippen molar-refractivity contribution in [1.82, 2.24) is 20.0 Å². The highest BCUT2D eigenvalue weighted by Crippen LogP contribution is 2.23. The monoisotopic (exact) mass is 355 g/mol. The fraction of sp³-hybridized carbons (Fsp3) is 0.500. The molecule has 0 bridgehead atoms. The first kappa shape index (κ1) is 18.5. The SMILES string of the molecule is Cc1nn(C)cc1NC(=O)NC[C@@H](c1ccccc1)N1CCCCCC1. The molecule has 1 saturated heterocycles. The number of anilines is 1. The standard InChI is InChI=1S/C20H29N5O/c1-16-18(15-24(2)23-16)22-20(26)21-14-19(17-10-6-5-7-11-17)25-12-8-3-4-9-13-25/h5-7,10-11,15,19H,3-4,8-9,12-14H2,1-2H3,(H2,21,22,26)/t19-/m0/s1. The van der Waals surface area contributed by atoms with Gasteiger partial charge < -0.3 is 10.6 Å². The van der Waals surface area contributed by atoms with Crippen molar-refractivity contribution in [3.05, 3.63) is 47.8 Å². The zero-order valence-electron chi connectivity index (χ0n) is 15.7. The zero-order valence-corrected chi connectivity index (χ0v) is 15.7. The maximum absolute atomic E-state index is 12.4. The van der Waals surface area contributed by atoms with Crippen LogP contribution in [0.4, 0.5) is 10.5 Å². The van der Waals surface area contributed by atoms with Crippen LogP contribution in [0.1, 0.15) is 43.0 Å². The maximum Gasteiger partial charge on any atom is 0.319 e. The molecule has 0 unspecified atom stereocenters. The van der Waals surface area contributed by atoms with E-state index in [9.17, 15) is 4.79 Å². The summed E-state index contributed by atoms with van der Waals surface area (Å²) >= 11 is 0. The van der Waals surface area contributed by atoms with Gasteiger partial charge >= 0.3 is 6.03 Å². The van der Waals surface area contributed by atoms with Gasteiger partial charge in [-0.1, -0.05) is 43.2 Å². The molecule has 1 aromatic carbocycles. The van der Waals surface area contributed by atoms with Crippen molar-refractivity contribution in [2.45, 2.75) is 38.6 Å². The van der Waals surface area contributed by atoms with Gasteiger partial charge in [0.05, 0.1) is 17.4 Å². The Bertz CT molecular complexity index is 704. The first-order valence-corrected chi connectivity index (χ1v) is 9.47. The van der Waals surface area contributed by atoms with E-state index < -0.39 is 0 Å². The minimum absolute atomic E-state index is 0.183. The highest BCUT2D eigenvalue weighted by molar-refractivity contribution is 5.89. The predicted octanol–water partition coefficient (Wildman–Crippen LogP) is 3.47. The van der Waals surface area contributed by atoms with Crippen LogP contribution in [0.5, 0.6) is 0 Å². The zero-order chi connectivity index (χ0) is 18.4. The number of aryl methyl sites for hydroxylation is 2. The van der Waals surface area contributed by atoms with Gasteiger partial charge in [0.2, 0.25) is 0 Å². The molecule has 0 radical (unpaired) electrons. The van der Waals surface area contributed by atoms with Gasteiger partial charge in [0.25, 0.3) is 0 Å². The van der Waals surface area contributed by atoms with E-state index in [-0.39, 0.29) is 12.1 Å². The van der Waals surface area contributed by atoms with Gasteiger partial charge in [-0.25, -0.2) is 4.79 Å². The summed E-state index contributed by atoms with van der Waals surface area (Å²) in [5.41, 5.74) is 2.82. The molecule has 0 spiro atoms. The summed E-state index contributed by atoms with van der Waals surface area (Å²) in [5, 5.41) is 10.2. The molecule has 2 N–H and O–H groups in total. The van der Waals surface area contributed by atoms with Gasteiger partial charge in [0.15, 0.2) is 0 Å². The third-order valence-electron chi connectivity index (χ3n) is 4.98. The molecule has 6 nitrogen and oxygen atoms in total. The number of carbonyl (C=O) groups excluding carboxylic acids is 1. The molecule has 1 atom stereocenters. The van der Waals surface area contributed by atoms with Crippen LogP contribution in [0.25, 0.3) is 0 Å². The van der Waals surface area contributed by atoms with Crippen LogP contribution in [0.15, 0.2) is 36.5 Å². The number of carbonyl (C=O) groups is 1. The average Bonchev–Trinajstić information content (AvgIpc) is 2.82. The fourth-order valence-corrected chi connectivity index (χ4v) is 3.62. The number of aromatic nitrogens is 2. The van der Waals surface area contributed by atoms with Crippen LogP contribution in [-0.2, 0) is 7.05 Å². The maximum atomic E-state index is 12.4. The molecule has 2 aromatic rings. The second kappa shape index (κ2) is 8.85. The Hall–Kier alpha value is -2.34. The lowest BCUT2D eigenvalue weighted by Gasteiger charge is -2.31. The van der Waals surface area contributed by atoms with E-state index in [0.29, 0.717) is 6.54 Å². The number of rotatable bonds is 5. The molecule has 1 aliphatic heterocycles. The predicted molar refractivity (Wildman–Crippen MR) is 104 cm³/mol. The van der Waals surface area contributed by atoms with Gasteiger partial charge in [-0.15, -0.1) is 0 Å². The van der Waals surface area contributed by atoms with Crippen molar-refractivity contribution >= 4 is 11.7 Å². The minimum Gasteiger partial charge on any atom is -0.336 e. The molecule has 1 aromatic heterocycles. The van der Waals surface area contributed by atoms with E-state index >= 15 is 0 Å². The highest BCUT2D eigenvalue weighted by Gasteiger charge is 2.22. The van der Waals surface area contributed by atoms with Gasteiger partial charge in [-0.05, 0) is 38.4 Å². The Kier molecular flexibility index (Phi) is 6.28. The number of hydrogen-bond donors (Lipinski definition) is 2. The van der Waals surface area contributed by atoms with Crippen molar-refractivity contribution in [2.24, 2.45) is 7.05 Å². The van der Waals surface area contributed by atoms with Gasteiger partial charge in [-0.3, -0.25) is 9.58 Å². The van der Waals surface area contributed by atoms with Gasteiger partial charge in [0.1, 0.15) is 0 Å². The van der Waals surface area contributed by atoms with Crippen LogP contribution in [-0.4, -0.2) is 40.3 Å².